The number of carbonyl (C=O) groups is 1. The molecule has 2 aromatic heterocycles. The quantitative estimate of drug-likeness (QED) is 0.559. The summed E-state index contributed by atoms with van der Waals surface area (Å²) in [7, 11) is 0. The van der Waals surface area contributed by atoms with Gasteiger partial charge in [0.1, 0.15) is 11.6 Å². The first-order chi connectivity index (χ1) is 14.5. The van der Waals surface area contributed by atoms with Crippen LogP contribution >= 0.6 is 0 Å². The van der Waals surface area contributed by atoms with Crippen molar-refractivity contribution in [3.8, 4) is 5.69 Å². The van der Waals surface area contributed by atoms with Gasteiger partial charge in [-0.15, -0.1) is 0 Å². The number of ether oxygens (including phenoxy) is 1. The molecule has 0 spiro atoms. The van der Waals surface area contributed by atoms with Gasteiger partial charge in [-0.05, 0) is 49.7 Å². The maximum Gasteiger partial charge on any atom is 0.415 e. The van der Waals surface area contributed by atoms with Crippen molar-refractivity contribution in [2.24, 2.45) is 0 Å². The average molecular weight is 400 g/mol. The average Bonchev–Trinajstić information content (AvgIpc) is 3.20. The number of nitrogens with zero attached hydrogens (tertiary/aromatic N) is 3. The third-order valence-electron chi connectivity index (χ3n) is 5.45. The van der Waals surface area contributed by atoms with E-state index in [0.29, 0.717) is 16.9 Å². The first kappa shape index (κ1) is 18.2. The van der Waals surface area contributed by atoms with Crippen molar-refractivity contribution in [2.75, 3.05) is 4.90 Å². The van der Waals surface area contributed by atoms with Gasteiger partial charge >= 0.3 is 11.8 Å². The molecule has 1 N–H and O–H groups in total. The predicted molar refractivity (Wildman–Crippen MR) is 114 cm³/mol. The number of imidazole rings is 1. The number of aromatic amines is 1. The Morgan fingerprint density at radius 2 is 1.67 bits per heavy atom. The monoisotopic (exact) mass is 400 g/mol. The van der Waals surface area contributed by atoms with Gasteiger partial charge in [0, 0.05) is 11.9 Å². The van der Waals surface area contributed by atoms with Crippen molar-refractivity contribution >= 4 is 22.8 Å². The molecule has 2 aromatic carbocycles. The van der Waals surface area contributed by atoms with Crippen molar-refractivity contribution in [2.45, 2.75) is 25.5 Å². The summed E-state index contributed by atoms with van der Waals surface area (Å²) in [5, 5.41) is 0. The molecule has 30 heavy (non-hydrogen) atoms. The van der Waals surface area contributed by atoms with E-state index in [9.17, 15) is 9.59 Å². The van der Waals surface area contributed by atoms with Crippen LogP contribution in [0.3, 0.4) is 0 Å². The molecule has 1 atom stereocenters. The molecular formula is C23H20N4O3. The van der Waals surface area contributed by atoms with Gasteiger partial charge in [0.05, 0.1) is 22.9 Å². The van der Waals surface area contributed by atoms with E-state index < -0.39 is 11.7 Å². The van der Waals surface area contributed by atoms with E-state index in [4.69, 9.17) is 4.74 Å². The van der Waals surface area contributed by atoms with Gasteiger partial charge in [0.2, 0.25) is 0 Å². The van der Waals surface area contributed by atoms with Crippen LogP contribution in [0.15, 0.2) is 77.9 Å². The number of nitrogens with one attached hydrogen (secondary N) is 1. The molecule has 1 unspecified atom stereocenters. The molecule has 0 radical (unpaired) electrons. The molecule has 7 nitrogen and oxygen atoms in total. The Balaban J connectivity index is 1.57. The van der Waals surface area contributed by atoms with Crippen LogP contribution in [0.2, 0.25) is 0 Å². The van der Waals surface area contributed by atoms with Gasteiger partial charge in [-0.25, -0.2) is 9.59 Å². The van der Waals surface area contributed by atoms with E-state index >= 15 is 0 Å². The summed E-state index contributed by atoms with van der Waals surface area (Å²) < 4.78 is 7.27. The Labute approximate surface area is 172 Å². The topological polar surface area (TPSA) is 80.2 Å². The Bertz CT molecular complexity index is 1290. The van der Waals surface area contributed by atoms with Gasteiger partial charge in [-0.2, -0.15) is 0 Å². The van der Waals surface area contributed by atoms with E-state index in [1.807, 2.05) is 68.4 Å². The van der Waals surface area contributed by atoms with Crippen LogP contribution in [-0.4, -0.2) is 26.2 Å². The second-order valence-electron chi connectivity index (χ2n) is 7.83. The molecule has 1 amide bonds. The zero-order valence-corrected chi connectivity index (χ0v) is 16.6. The molecule has 5 rings (SSSR count). The zero-order valence-electron chi connectivity index (χ0n) is 16.6. The number of rotatable bonds is 3. The summed E-state index contributed by atoms with van der Waals surface area (Å²) in [6.45, 7) is 3.83. The fourth-order valence-corrected chi connectivity index (χ4v) is 4.16. The van der Waals surface area contributed by atoms with Crippen LogP contribution in [0.25, 0.3) is 16.7 Å². The number of hydrogen-bond donors (Lipinski definition) is 1. The number of aromatic nitrogens is 3. The van der Waals surface area contributed by atoms with Crippen LogP contribution in [0.4, 0.5) is 10.5 Å². The van der Waals surface area contributed by atoms with Crippen LogP contribution in [0, 0.1) is 0 Å². The highest BCUT2D eigenvalue weighted by Gasteiger charge is 2.49. The highest BCUT2D eigenvalue weighted by atomic mass is 16.6. The Morgan fingerprint density at radius 1 is 0.967 bits per heavy atom. The number of carbonyl (C=O) groups excluding carboxylic acids is 1. The summed E-state index contributed by atoms with van der Waals surface area (Å²) in [5.74, 6) is 0. The molecule has 0 saturated carbocycles. The van der Waals surface area contributed by atoms with Gasteiger partial charge in [0.15, 0.2) is 0 Å². The molecule has 1 aliphatic rings. The SMILES string of the molecule is CC1(C)OC(=O)N(c2ccc(-n3c(=O)[nH]c4cnccc43)cc2)C1c1ccccc1. The molecule has 1 aliphatic heterocycles. The van der Waals surface area contributed by atoms with E-state index in [0.717, 1.165) is 11.1 Å². The molecule has 1 saturated heterocycles. The minimum atomic E-state index is -0.683. The molecule has 4 aromatic rings. The Morgan fingerprint density at radius 3 is 2.40 bits per heavy atom. The minimum absolute atomic E-state index is 0.241. The summed E-state index contributed by atoms with van der Waals surface area (Å²) in [6.07, 6.45) is 2.87. The summed E-state index contributed by atoms with van der Waals surface area (Å²) in [4.78, 5) is 33.7. The van der Waals surface area contributed by atoms with Gasteiger partial charge in [-0.1, -0.05) is 30.3 Å². The van der Waals surface area contributed by atoms with Crippen LogP contribution in [0.5, 0.6) is 0 Å². The van der Waals surface area contributed by atoms with Gasteiger partial charge < -0.3 is 9.72 Å². The number of amides is 1. The predicted octanol–water partition coefficient (Wildman–Crippen LogP) is 4.19. The van der Waals surface area contributed by atoms with E-state index in [1.54, 1.807) is 27.9 Å². The number of H-pyrrole nitrogens is 1. The number of fused-ring (bicyclic) bond motifs is 1. The standard InChI is InChI=1S/C23H20N4O3/c1-23(2)20(15-6-4-3-5-7-15)27(22(29)30-23)17-10-8-16(9-11-17)26-19-12-13-24-14-18(19)25-21(26)28/h3-14,20H,1-2H3,(H,25,28). The number of anilines is 1. The second kappa shape index (κ2) is 6.59. The Kier molecular flexibility index (Phi) is 3.99. The molecule has 7 heteroatoms. The molecule has 0 bridgehead atoms. The van der Waals surface area contributed by atoms with Crippen molar-refractivity contribution in [3.05, 3.63) is 89.1 Å². The molecule has 1 fully saturated rings. The lowest BCUT2D eigenvalue weighted by molar-refractivity contribution is 0.0685. The fraction of sp³-hybridized carbons (Fsp3) is 0.174. The number of hydrogen-bond acceptors (Lipinski definition) is 4. The molecule has 0 aliphatic carbocycles. The van der Waals surface area contributed by atoms with E-state index in [1.165, 1.54) is 0 Å². The second-order valence-corrected chi connectivity index (χ2v) is 7.83. The number of cyclic esters (lactones) is 1. The highest BCUT2D eigenvalue weighted by molar-refractivity contribution is 5.91. The summed E-state index contributed by atoms with van der Waals surface area (Å²) in [6, 6.07) is 18.7. The molecule has 150 valence electrons. The Hall–Kier alpha value is -3.87. The van der Waals surface area contributed by atoms with Crippen molar-refractivity contribution in [1.82, 2.24) is 14.5 Å². The van der Waals surface area contributed by atoms with Crippen LogP contribution < -0.4 is 10.6 Å². The maximum absolute atomic E-state index is 12.8. The minimum Gasteiger partial charge on any atom is -0.441 e. The van der Waals surface area contributed by atoms with Crippen LogP contribution in [0.1, 0.15) is 25.5 Å². The van der Waals surface area contributed by atoms with Crippen LogP contribution in [-0.2, 0) is 4.74 Å². The number of benzene rings is 2. The first-order valence-electron chi connectivity index (χ1n) is 9.68. The maximum atomic E-state index is 12.8. The molecule has 3 heterocycles. The summed E-state index contributed by atoms with van der Waals surface area (Å²) in [5.41, 5.74) is 2.89. The largest absolute Gasteiger partial charge is 0.441 e. The third-order valence-corrected chi connectivity index (χ3v) is 5.45. The molecular weight excluding hydrogens is 380 g/mol. The van der Waals surface area contributed by atoms with E-state index in [2.05, 4.69) is 9.97 Å². The van der Waals surface area contributed by atoms with Crippen molar-refractivity contribution in [3.63, 3.8) is 0 Å². The van der Waals surface area contributed by atoms with E-state index in [-0.39, 0.29) is 11.7 Å². The summed E-state index contributed by atoms with van der Waals surface area (Å²) >= 11 is 0. The van der Waals surface area contributed by atoms with Gasteiger partial charge in [-0.3, -0.25) is 14.5 Å². The van der Waals surface area contributed by atoms with Crippen molar-refractivity contribution < 1.29 is 9.53 Å². The normalized spacial score (nSPS) is 18.0. The van der Waals surface area contributed by atoms with Gasteiger partial charge in [0.25, 0.3) is 0 Å². The fourth-order valence-electron chi connectivity index (χ4n) is 4.16. The number of pyridine rings is 1. The third kappa shape index (κ3) is 2.78. The highest BCUT2D eigenvalue weighted by Crippen LogP contribution is 2.43. The smallest absolute Gasteiger partial charge is 0.415 e. The van der Waals surface area contributed by atoms with Crippen molar-refractivity contribution in [1.29, 1.82) is 0 Å². The zero-order chi connectivity index (χ0) is 20.9. The lowest BCUT2D eigenvalue weighted by atomic mass is 9.91. The lowest BCUT2D eigenvalue weighted by Crippen LogP contribution is -2.33. The lowest BCUT2D eigenvalue weighted by Gasteiger charge is -2.29. The first-order valence-corrected chi connectivity index (χ1v) is 9.68.